The Hall–Kier alpha value is -1.60. The zero-order valence-corrected chi connectivity index (χ0v) is 10.9. The molecular weight excluding hydrogens is 258 g/mol. The van der Waals surface area contributed by atoms with E-state index >= 15 is 0 Å². The molecule has 18 heavy (non-hydrogen) atoms. The fraction of sp³-hybridized carbons (Fsp3) is 0.364. The van der Waals surface area contributed by atoms with E-state index in [1.165, 1.54) is 6.07 Å². The SMILES string of the molecule is Cc1ccc(CC(O)C(=O)O)cc1NS(C)(=O)=O. The Morgan fingerprint density at radius 1 is 1.44 bits per heavy atom. The van der Waals surface area contributed by atoms with Crippen molar-refractivity contribution in [1.29, 1.82) is 0 Å². The molecule has 100 valence electrons. The number of aliphatic carboxylic acids is 1. The second kappa shape index (κ2) is 5.36. The lowest BCUT2D eigenvalue weighted by Crippen LogP contribution is -2.22. The van der Waals surface area contributed by atoms with Gasteiger partial charge in [0.05, 0.1) is 11.9 Å². The van der Waals surface area contributed by atoms with Crippen molar-refractivity contribution in [2.75, 3.05) is 11.0 Å². The third-order valence-corrected chi connectivity index (χ3v) is 2.90. The molecule has 0 bridgehead atoms. The average Bonchev–Trinajstić information content (AvgIpc) is 2.20. The summed E-state index contributed by atoms with van der Waals surface area (Å²) in [5.74, 6) is -1.31. The first-order valence-electron chi connectivity index (χ1n) is 5.17. The topological polar surface area (TPSA) is 104 Å². The number of carboxylic acid groups (broad SMARTS) is 1. The summed E-state index contributed by atoms with van der Waals surface area (Å²) in [5.41, 5.74) is 1.64. The van der Waals surface area contributed by atoms with Crippen LogP contribution in [0.3, 0.4) is 0 Å². The number of carbonyl (C=O) groups is 1. The Bertz CT molecular complexity index is 553. The molecule has 1 aromatic carbocycles. The molecule has 1 atom stereocenters. The molecule has 6 nitrogen and oxygen atoms in total. The third kappa shape index (κ3) is 4.34. The molecule has 0 radical (unpaired) electrons. The Balaban J connectivity index is 2.97. The van der Waals surface area contributed by atoms with E-state index in [0.29, 0.717) is 16.8 Å². The van der Waals surface area contributed by atoms with Crippen LogP contribution < -0.4 is 4.72 Å². The molecule has 1 rings (SSSR count). The van der Waals surface area contributed by atoms with E-state index in [-0.39, 0.29) is 6.42 Å². The number of hydrogen-bond acceptors (Lipinski definition) is 4. The summed E-state index contributed by atoms with van der Waals surface area (Å²) < 4.78 is 24.6. The Labute approximate surface area is 105 Å². The summed E-state index contributed by atoms with van der Waals surface area (Å²) in [4.78, 5) is 10.5. The molecule has 0 saturated heterocycles. The zero-order chi connectivity index (χ0) is 13.9. The van der Waals surface area contributed by atoms with Crippen LogP contribution in [-0.4, -0.2) is 37.0 Å². The number of benzene rings is 1. The number of aliphatic hydroxyl groups excluding tert-OH is 1. The molecule has 0 aromatic heterocycles. The number of anilines is 1. The lowest BCUT2D eigenvalue weighted by atomic mass is 10.0. The van der Waals surface area contributed by atoms with Crippen LogP contribution in [0.25, 0.3) is 0 Å². The minimum atomic E-state index is -3.39. The van der Waals surface area contributed by atoms with Gasteiger partial charge in [-0.3, -0.25) is 4.72 Å². The monoisotopic (exact) mass is 273 g/mol. The van der Waals surface area contributed by atoms with Crippen LogP contribution >= 0.6 is 0 Å². The van der Waals surface area contributed by atoms with Crippen LogP contribution in [0.5, 0.6) is 0 Å². The van der Waals surface area contributed by atoms with E-state index in [2.05, 4.69) is 4.72 Å². The molecule has 0 spiro atoms. The first kappa shape index (κ1) is 14.5. The number of carboxylic acids is 1. The summed E-state index contributed by atoms with van der Waals surface area (Å²) in [6.07, 6.45) is -0.544. The van der Waals surface area contributed by atoms with E-state index in [4.69, 9.17) is 5.11 Å². The molecule has 7 heteroatoms. The minimum absolute atomic E-state index is 0.0753. The molecule has 0 aliphatic rings. The highest BCUT2D eigenvalue weighted by Crippen LogP contribution is 2.19. The van der Waals surface area contributed by atoms with Crippen LogP contribution in [0, 0.1) is 6.92 Å². The Kier molecular flexibility index (Phi) is 4.31. The van der Waals surface area contributed by atoms with Crippen molar-refractivity contribution in [3.8, 4) is 0 Å². The smallest absolute Gasteiger partial charge is 0.332 e. The quantitative estimate of drug-likeness (QED) is 0.718. The number of sulfonamides is 1. The van der Waals surface area contributed by atoms with E-state index in [1.54, 1.807) is 19.1 Å². The molecule has 0 amide bonds. The van der Waals surface area contributed by atoms with Gasteiger partial charge in [-0.15, -0.1) is 0 Å². The van der Waals surface area contributed by atoms with Gasteiger partial charge in [0.25, 0.3) is 0 Å². The van der Waals surface area contributed by atoms with Gasteiger partial charge in [0.15, 0.2) is 6.10 Å². The summed E-state index contributed by atoms with van der Waals surface area (Å²) in [6, 6.07) is 4.83. The van der Waals surface area contributed by atoms with Crippen LogP contribution in [-0.2, 0) is 21.2 Å². The van der Waals surface area contributed by atoms with Crippen LogP contribution in [0.4, 0.5) is 5.69 Å². The molecule has 0 fully saturated rings. The number of aliphatic hydroxyl groups is 1. The highest BCUT2D eigenvalue weighted by atomic mass is 32.2. The van der Waals surface area contributed by atoms with Gasteiger partial charge in [-0.2, -0.15) is 0 Å². The van der Waals surface area contributed by atoms with Gasteiger partial charge in [0, 0.05) is 6.42 Å². The standard InChI is InChI=1S/C11H15NO5S/c1-7-3-4-8(6-10(13)11(14)15)5-9(7)12-18(2,16)17/h3-5,10,12-13H,6H2,1-2H3,(H,14,15). The lowest BCUT2D eigenvalue weighted by molar-refractivity contribution is -0.146. The molecule has 3 N–H and O–H groups in total. The van der Waals surface area contributed by atoms with Crippen molar-refractivity contribution in [1.82, 2.24) is 0 Å². The second-order valence-corrected chi connectivity index (χ2v) is 5.83. The van der Waals surface area contributed by atoms with E-state index in [1.807, 2.05) is 0 Å². The maximum absolute atomic E-state index is 11.1. The first-order valence-corrected chi connectivity index (χ1v) is 7.06. The molecule has 1 unspecified atom stereocenters. The van der Waals surface area contributed by atoms with Crippen LogP contribution in [0.1, 0.15) is 11.1 Å². The molecule has 0 heterocycles. The third-order valence-electron chi connectivity index (χ3n) is 2.31. The van der Waals surface area contributed by atoms with E-state index in [9.17, 15) is 18.3 Å². The predicted molar refractivity (Wildman–Crippen MR) is 67.0 cm³/mol. The van der Waals surface area contributed by atoms with Crippen molar-refractivity contribution < 1.29 is 23.4 Å². The normalized spacial score (nSPS) is 13.1. The number of hydrogen-bond donors (Lipinski definition) is 3. The average molecular weight is 273 g/mol. The summed E-state index contributed by atoms with van der Waals surface area (Å²) in [5, 5.41) is 17.8. The largest absolute Gasteiger partial charge is 0.479 e. The van der Waals surface area contributed by atoms with Crippen molar-refractivity contribution in [3.63, 3.8) is 0 Å². The van der Waals surface area contributed by atoms with Gasteiger partial charge in [-0.25, -0.2) is 13.2 Å². The van der Waals surface area contributed by atoms with Gasteiger partial charge >= 0.3 is 5.97 Å². The van der Waals surface area contributed by atoms with Crippen molar-refractivity contribution >= 4 is 21.7 Å². The summed E-state index contributed by atoms with van der Waals surface area (Å²) in [7, 11) is -3.39. The van der Waals surface area contributed by atoms with Gasteiger partial charge < -0.3 is 10.2 Å². The molecule has 1 aromatic rings. The first-order chi connectivity index (χ1) is 8.19. The molecular formula is C11H15NO5S. The van der Waals surface area contributed by atoms with Gasteiger partial charge in [-0.1, -0.05) is 12.1 Å². The fourth-order valence-electron chi connectivity index (χ4n) is 1.42. The Morgan fingerprint density at radius 3 is 2.56 bits per heavy atom. The molecule has 0 aliphatic heterocycles. The maximum atomic E-state index is 11.1. The van der Waals surface area contributed by atoms with Gasteiger partial charge in [0.2, 0.25) is 10.0 Å². The van der Waals surface area contributed by atoms with Gasteiger partial charge in [-0.05, 0) is 24.1 Å². The molecule has 0 saturated carbocycles. The van der Waals surface area contributed by atoms with Crippen LogP contribution in [0.2, 0.25) is 0 Å². The lowest BCUT2D eigenvalue weighted by Gasteiger charge is -2.11. The zero-order valence-electron chi connectivity index (χ0n) is 10.0. The molecule has 0 aliphatic carbocycles. The summed E-state index contributed by atoms with van der Waals surface area (Å²) >= 11 is 0. The predicted octanol–water partition coefficient (Wildman–Crippen LogP) is 0.355. The second-order valence-electron chi connectivity index (χ2n) is 4.08. The highest BCUT2D eigenvalue weighted by Gasteiger charge is 2.14. The maximum Gasteiger partial charge on any atom is 0.332 e. The van der Waals surface area contributed by atoms with Gasteiger partial charge in [0.1, 0.15) is 0 Å². The number of aryl methyl sites for hydroxylation is 1. The van der Waals surface area contributed by atoms with Crippen molar-refractivity contribution in [3.05, 3.63) is 29.3 Å². The minimum Gasteiger partial charge on any atom is -0.479 e. The number of rotatable bonds is 5. The number of nitrogens with one attached hydrogen (secondary N) is 1. The fourth-order valence-corrected chi connectivity index (χ4v) is 2.04. The van der Waals surface area contributed by atoms with Crippen molar-refractivity contribution in [2.45, 2.75) is 19.4 Å². The van der Waals surface area contributed by atoms with Crippen LogP contribution in [0.15, 0.2) is 18.2 Å². The van der Waals surface area contributed by atoms with E-state index in [0.717, 1.165) is 6.26 Å². The van der Waals surface area contributed by atoms with Crippen molar-refractivity contribution in [2.24, 2.45) is 0 Å². The highest BCUT2D eigenvalue weighted by molar-refractivity contribution is 7.92. The Morgan fingerprint density at radius 2 is 2.06 bits per heavy atom. The van der Waals surface area contributed by atoms with E-state index < -0.39 is 22.1 Å². The summed E-state index contributed by atoms with van der Waals surface area (Å²) in [6.45, 7) is 1.73.